The SMILES string of the molecule is CCCN(CC(=O)Nc1ccc(OC)c(S(=O)(=O)N(C)C)c1)CC(F)F. The van der Waals surface area contributed by atoms with E-state index in [1.807, 2.05) is 6.92 Å². The van der Waals surface area contributed by atoms with Gasteiger partial charge < -0.3 is 10.1 Å². The predicted octanol–water partition coefficient (Wildman–Crippen LogP) is 1.86. The van der Waals surface area contributed by atoms with Crippen LogP contribution >= 0.6 is 0 Å². The number of hydrogen-bond acceptors (Lipinski definition) is 5. The Morgan fingerprint density at radius 2 is 1.96 bits per heavy atom. The van der Waals surface area contributed by atoms with Gasteiger partial charge in [0.1, 0.15) is 10.6 Å². The van der Waals surface area contributed by atoms with Gasteiger partial charge in [-0.2, -0.15) is 0 Å². The molecule has 0 spiro atoms. The molecule has 0 unspecified atom stereocenters. The van der Waals surface area contributed by atoms with Crippen molar-refractivity contribution < 1.29 is 26.7 Å². The Hall–Kier alpha value is -1.78. The second-order valence-electron chi connectivity index (χ2n) is 5.83. The summed E-state index contributed by atoms with van der Waals surface area (Å²) in [5.41, 5.74) is 0.240. The number of ether oxygens (including phenoxy) is 1. The van der Waals surface area contributed by atoms with Crippen LogP contribution in [0, 0.1) is 0 Å². The highest BCUT2D eigenvalue weighted by Gasteiger charge is 2.23. The van der Waals surface area contributed by atoms with Crippen LogP contribution in [-0.4, -0.2) is 70.8 Å². The number of nitrogens with zero attached hydrogens (tertiary/aromatic N) is 2. The number of anilines is 1. The molecule has 0 fully saturated rings. The number of rotatable bonds is 10. The maximum Gasteiger partial charge on any atom is 0.251 e. The van der Waals surface area contributed by atoms with Crippen molar-refractivity contribution in [2.75, 3.05) is 46.2 Å². The molecular weight excluding hydrogens is 368 g/mol. The number of carbonyl (C=O) groups excluding carboxylic acids is 1. The Labute approximate surface area is 153 Å². The lowest BCUT2D eigenvalue weighted by molar-refractivity contribution is -0.117. The van der Waals surface area contributed by atoms with Gasteiger partial charge in [-0.25, -0.2) is 21.5 Å². The first-order valence-electron chi connectivity index (χ1n) is 8.02. The normalized spacial score (nSPS) is 12.0. The first kappa shape index (κ1) is 22.3. The summed E-state index contributed by atoms with van der Waals surface area (Å²) in [6.07, 6.45) is -1.90. The van der Waals surface area contributed by atoms with E-state index in [9.17, 15) is 22.0 Å². The Morgan fingerprint density at radius 3 is 2.46 bits per heavy atom. The molecule has 0 saturated carbocycles. The molecule has 0 aliphatic rings. The van der Waals surface area contributed by atoms with Crippen LogP contribution in [0.1, 0.15) is 13.3 Å². The van der Waals surface area contributed by atoms with Gasteiger partial charge in [0.15, 0.2) is 0 Å². The monoisotopic (exact) mass is 393 g/mol. The largest absolute Gasteiger partial charge is 0.495 e. The summed E-state index contributed by atoms with van der Waals surface area (Å²) < 4.78 is 56.0. The third kappa shape index (κ3) is 6.19. The third-order valence-electron chi connectivity index (χ3n) is 3.51. The van der Waals surface area contributed by atoms with Crippen LogP contribution in [0.25, 0.3) is 0 Å². The van der Waals surface area contributed by atoms with Crippen LogP contribution in [0.4, 0.5) is 14.5 Å². The molecule has 1 aromatic carbocycles. The summed E-state index contributed by atoms with van der Waals surface area (Å²) in [7, 11) is 0.328. The van der Waals surface area contributed by atoms with Gasteiger partial charge in [-0.3, -0.25) is 9.69 Å². The summed E-state index contributed by atoms with van der Waals surface area (Å²) in [6, 6.07) is 4.20. The van der Waals surface area contributed by atoms with Crippen LogP contribution in [0.15, 0.2) is 23.1 Å². The average molecular weight is 393 g/mol. The lowest BCUT2D eigenvalue weighted by atomic mass is 10.3. The number of sulfonamides is 1. The number of methoxy groups -OCH3 is 1. The first-order chi connectivity index (χ1) is 12.1. The van der Waals surface area contributed by atoms with E-state index in [1.165, 1.54) is 44.3 Å². The molecule has 148 valence electrons. The Kier molecular flexibility index (Phi) is 8.38. The zero-order chi connectivity index (χ0) is 19.9. The molecule has 1 aromatic rings. The number of hydrogen-bond donors (Lipinski definition) is 1. The molecule has 0 aliphatic carbocycles. The quantitative estimate of drug-likeness (QED) is 0.656. The lowest BCUT2D eigenvalue weighted by Crippen LogP contribution is -2.37. The number of benzene rings is 1. The lowest BCUT2D eigenvalue weighted by Gasteiger charge is -2.21. The molecular formula is C16H25F2N3O4S. The topological polar surface area (TPSA) is 79.0 Å². The minimum absolute atomic E-state index is 0.0965. The van der Waals surface area contributed by atoms with Crippen molar-refractivity contribution in [3.05, 3.63) is 18.2 Å². The molecule has 0 aromatic heterocycles. The predicted molar refractivity (Wildman–Crippen MR) is 95.2 cm³/mol. The van der Waals surface area contributed by atoms with Gasteiger partial charge in [0, 0.05) is 19.8 Å². The van der Waals surface area contributed by atoms with Crippen molar-refractivity contribution in [2.45, 2.75) is 24.7 Å². The van der Waals surface area contributed by atoms with E-state index in [1.54, 1.807) is 0 Å². The van der Waals surface area contributed by atoms with Gasteiger partial charge in [-0.15, -0.1) is 0 Å². The van der Waals surface area contributed by atoms with Crippen molar-refractivity contribution in [2.24, 2.45) is 0 Å². The molecule has 0 heterocycles. The molecule has 0 bridgehead atoms. The Bertz CT molecular complexity index is 711. The van der Waals surface area contributed by atoms with Gasteiger partial charge in [-0.1, -0.05) is 6.92 Å². The van der Waals surface area contributed by atoms with E-state index < -0.39 is 28.9 Å². The number of carbonyl (C=O) groups is 1. The van der Waals surface area contributed by atoms with Crippen LogP contribution in [0.5, 0.6) is 5.75 Å². The van der Waals surface area contributed by atoms with Gasteiger partial charge in [-0.05, 0) is 31.2 Å². The third-order valence-corrected chi connectivity index (χ3v) is 5.35. The van der Waals surface area contributed by atoms with E-state index in [-0.39, 0.29) is 22.9 Å². The highest BCUT2D eigenvalue weighted by Crippen LogP contribution is 2.28. The molecule has 1 rings (SSSR count). The fraction of sp³-hybridized carbons (Fsp3) is 0.562. The van der Waals surface area contributed by atoms with Gasteiger partial charge in [0.25, 0.3) is 6.43 Å². The van der Waals surface area contributed by atoms with E-state index in [0.717, 1.165) is 4.31 Å². The summed E-state index contributed by atoms with van der Waals surface area (Å²) >= 11 is 0. The van der Waals surface area contributed by atoms with Crippen LogP contribution < -0.4 is 10.1 Å². The summed E-state index contributed by atoms with van der Waals surface area (Å²) in [6.45, 7) is 1.49. The van der Waals surface area contributed by atoms with E-state index >= 15 is 0 Å². The molecule has 0 atom stereocenters. The minimum atomic E-state index is -3.78. The maximum absolute atomic E-state index is 12.6. The minimum Gasteiger partial charge on any atom is -0.495 e. The second kappa shape index (κ2) is 9.79. The Balaban J connectivity index is 2.98. The summed E-state index contributed by atoms with van der Waals surface area (Å²) in [4.78, 5) is 13.4. The maximum atomic E-state index is 12.6. The number of halogens is 2. The van der Waals surface area contributed by atoms with Crippen molar-refractivity contribution in [1.29, 1.82) is 0 Å². The van der Waals surface area contributed by atoms with Crippen molar-refractivity contribution in [3.8, 4) is 5.75 Å². The average Bonchev–Trinajstić information content (AvgIpc) is 2.54. The number of alkyl halides is 2. The van der Waals surface area contributed by atoms with Crippen LogP contribution in [0.3, 0.4) is 0 Å². The molecule has 0 aliphatic heterocycles. The number of nitrogens with one attached hydrogen (secondary N) is 1. The molecule has 0 radical (unpaired) electrons. The van der Waals surface area contributed by atoms with Crippen molar-refractivity contribution >= 4 is 21.6 Å². The number of amides is 1. The zero-order valence-corrected chi connectivity index (χ0v) is 16.1. The van der Waals surface area contributed by atoms with Gasteiger partial charge >= 0.3 is 0 Å². The molecule has 1 amide bonds. The highest BCUT2D eigenvalue weighted by molar-refractivity contribution is 7.89. The molecule has 0 saturated heterocycles. The van der Waals surface area contributed by atoms with Crippen molar-refractivity contribution in [1.82, 2.24) is 9.21 Å². The van der Waals surface area contributed by atoms with Crippen LogP contribution in [0.2, 0.25) is 0 Å². The summed E-state index contributed by atoms with van der Waals surface area (Å²) in [5.74, 6) is -0.362. The summed E-state index contributed by atoms with van der Waals surface area (Å²) in [5, 5.41) is 2.54. The smallest absolute Gasteiger partial charge is 0.251 e. The van der Waals surface area contributed by atoms with Gasteiger partial charge in [0.05, 0.1) is 20.2 Å². The highest BCUT2D eigenvalue weighted by atomic mass is 32.2. The van der Waals surface area contributed by atoms with E-state index in [2.05, 4.69) is 5.32 Å². The molecule has 1 N–H and O–H groups in total. The van der Waals surface area contributed by atoms with Gasteiger partial charge in [0.2, 0.25) is 15.9 Å². The fourth-order valence-electron chi connectivity index (χ4n) is 2.30. The standard InChI is InChI=1S/C16H25F2N3O4S/c1-5-8-21(10-15(17)18)11-16(22)19-12-6-7-13(25-4)14(9-12)26(23,24)20(2)3/h6-7,9,15H,5,8,10-11H2,1-4H3,(H,19,22). The first-order valence-corrected chi connectivity index (χ1v) is 9.46. The van der Waals surface area contributed by atoms with Crippen LogP contribution in [-0.2, 0) is 14.8 Å². The van der Waals surface area contributed by atoms with E-state index in [0.29, 0.717) is 13.0 Å². The second-order valence-corrected chi connectivity index (χ2v) is 7.95. The van der Waals surface area contributed by atoms with Crippen molar-refractivity contribution in [3.63, 3.8) is 0 Å². The van der Waals surface area contributed by atoms with E-state index in [4.69, 9.17) is 4.74 Å². The zero-order valence-electron chi connectivity index (χ0n) is 15.3. The fourth-order valence-corrected chi connectivity index (χ4v) is 3.38. The molecule has 26 heavy (non-hydrogen) atoms. The Morgan fingerprint density at radius 1 is 1.31 bits per heavy atom. The molecule has 7 nitrogen and oxygen atoms in total. The molecule has 10 heteroatoms.